The van der Waals surface area contributed by atoms with Crippen LogP contribution in [0, 0.1) is 9.81 Å². The Morgan fingerprint density at radius 3 is 2.62 bits per heavy atom. The summed E-state index contributed by atoms with van der Waals surface area (Å²) in [5.41, 5.74) is 0. The van der Waals surface area contributed by atoms with Crippen LogP contribution in [0.1, 0.15) is 0 Å². The summed E-state index contributed by atoms with van der Waals surface area (Å²) in [6.07, 6.45) is 0. The van der Waals surface area contributed by atoms with Gasteiger partial charge in [0.2, 0.25) is 0 Å². The fourth-order valence-electron chi connectivity index (χ4n) is 1.53. The van der Waals surface area contributed by atoms with Crippen LogP contribution < -0.4 is 10.6 Å². The predicted molar refractivity (Wildman–Crippen MR) is 43.7 cm³/mol. The molecule has 0 saturated carbocycles. The number of nitrogens with zero attached hydrogens (tertiary/aromatic N) is 4. The summed E-state index contributed by atoms with van der Waals surface area (Å²) in [5, 5.41) is 11.2. The first kappa shape index (κ1) is 8.63. The highest BCUT2D eigenvalue weighted by atomic mass is 16.3. The molecule has 2 unspecified atom stereocenters. The van der Waals surface area contributed by atoms with Gasteiger partial charge >= 0.3 is 5.91 Å². The van der Waals surface area contributed by atoms with Gasteiger partial charge in [0.1, 0.15) is 0 Å². The average Bonchev–Trinajstić information content (AvgIpc) is 2.20. The van der Waals surface area contributed by atoms with Gasteiger partial charge in [-0.3, -0.25) is 10.2 Å². The molecular formula is C5H10N6O2. The van der Waals surface area contributed by atoms with Crippen molar-refractivity contribution in [2.45, 2.75) is 5.91 Å². The second-order valence-corrected chi connectivity index (χ2v) is 3.07. The van der Waals surface area contributed by atoms with E-state index in [0.717, 1.165) is 6.67 Å². The van der Waals surface area contributed by atoms with Gasteiger partial charge in [-0.1, -0.05) is 0 Å². The highest BCUT2D eigenvalue weighted by Gasteiger charge is 2.46. The number of nitrogens with one attached hydrogen (secondary N) is 2. The van der Waals surface area contributed by atoms with Crippen molar-refractivity contribution < 1.29 is 0 Å². The summed E-state index contributed by atoms with van der Waals surface area (Å²) in [6.45, 7) is 2.12. The molecule has 2 bridgehead atoms. The van der Waals surface area contributed by atoms with Crippen molar-refractivity contribution in [1.82, 2.24) is 20.4 Å². The Balaban J connectivity index is 2.20. The van der Waals surface area contributed by atoms with E-state index in [9.17, 15) is 9.81 Å². The van der Waals surface area contributed by atoms with Gasteiger partial charge < -0.3 is 0 Å². The summed E-state index contributed by atoms with van der Waals surface area (Å²) < 4.78 is 0. The first-order chi connectivity index (χ1) is 6.30. The Kier molecular flexibility index (Phi) is 2.04. The van der Waals surface area contributed by atoms with Crippen LogP contribution in [0.3, 0.4) is 0 Å². The van der Waals surface area contributed by atoms with Crippen molar-refractivity contribution >= 4 is 0 Å². The number of rotatable bonds is 2. The van der Waals surface area contributed by atoms with Crippen LogP contribution in [-0.4, -0.2) is 42.4 Å². The Labute approximate surface area is 74.2 Å². The minimum absolute atomic E-state index is 0.432. The van der Waals surface area contributed by atoms with E-state index in [1.54, 1.807) is 4.90 Å². The molecule has 72 valence electrons. The third-order valence-corrected chi connectivity index (χ3v) is 2.24. The zero-order chi connectivity index (χ0) is 9.31. The number of nitroso groups, excluding NO2 is 2. The molecular weight excluding hydrogens is 176 g/mol. The van der Waals surface area contributed by atoms with Gasteiger partial charge in [0.25, 0.3) is 0 Å². The minimum Gasteiger partial charge on any atom is -0.291 e. The second-order valence-electron chi connectivity index (χ2n) is 3.07. The topological polar surface area (TPSA) is 89.4 Å². The van der Waals surface area contributed by atoms with Crippen LogP contribution in [0.4, 0.5) is 0 Å². The quantitative estimate of drug-likeness (QED) is 0.525. The van der Waals surface area contributed by atoms with E-state index in [1.165, 1.54) is 0 Å². The Morgan fingerprint density at radius 2 is 1.92 bits per heavy atom. The molecule has 2 aliphatic heterocycles. The van der Waals surface area contributed by atoms with Crippen LogP contribution in [0.2, 0.25) is 0 Å². The lowest BCUT2D eigenvalue weighted by Gasteiger charge is -2.46. The lowest BCUT2D eigenvalue weighted by atomic mass is 10.4. The van der Waals surface area contributed by atoms with E-state index >= 15 is 0 Å². The Hall–Kier alpha value is -0.960. The normalized spacial score (nSPS) is 36.6. The molecule has 2 fully saturated rings. The molecule has 13 heavy (non-hydrogen) atoms. The zero-order valence-corrected chi connectivity index (χ0v) is 6.93. The molecule has 0 aromatic rings. The number of hydrogen-bond donors (Lipinski definition) is 2. The van der Waals surface area contributed by atoms with Crippen molar-refractivity contribution in [2.75, 3.05) is 26.7 Å². The Morgan fingerprint density at radius 1 is 1.15 bits per heavy atom. The van der Waals surface area contributed by atoms with Crippen LogP contribution in [-0.2, 0) is 0 Å². The third-order valence-electron chi connectivity index (χ3n) is 2.24. The zero-order valence-electron chi connectivity index (χ0n) is 6.93. The molecule has 0 aromatic carbocycles. The van der Waals surface area contributed by atoms with Crippen molar-refractivity contribution in [2.24, 2.45) is 10.4 Å². The van der Waals surface area contributed by atoms with Crippen molar-refractivity contribution in [3.05, 3.63) is 9.81 Å². The summed E-state index contributed by atoms with van der Waals surface area (Å²) >= 11 is 0. The van der Waals surface area contributed by atoms with Gasteiger partial charge in [-0.25, -0.2) is 10.2 Å². The van der Waals surface area contributed by atoms with Crippen LogP contribution >= 0.6 is 0 Å². The largest absolute Gasteiger partial charge is 0.346 e. The van der Waals surface area contributed by atoms with Crippen LogP contribution in [0.5, 0.6) is 0 Å². The monoisotopic (exact) mass is 186 g/mol. The lowest BCUT2D eigenvalue weighted by Crippen LogP contribution is -2.71. The summed E-state index contributed by atoms with van der Waals surface area (Å²) in [7, 11) is 0. The maximum atomic E-state index is 10.5. The van der Waals surface area contributed by atoms with Crippen LogP contribution in [0.15, 0.2) is 10.4 Å². The Bertz CT molecular complexity index is 225. The second kappa shape index (κ2) is 3.07. The third kappa shape index (κ3) is 1.23. The molecule has 2 rings (SSSR count). The van der Waals surface area contributed by atoms with E-state index in [1.807, 2.05) is 4.90 Å². The molecule has 2 aliphatic rings. The SMILES string of the molecule is O=NC1(N=O)NCN2CNCN1C2. The molecule has 2 atom stereocenters. The fraction of sp³-hybridized carbons (Fsp3) is 1.00. The number of fused-ring (bicyclic) bond motifs is 2. The molecule has 0 aliphatic carbocycles. The molecule has 2 N–H and O–H groups in total. The van der Waals surface area contributed by atoms with Crippen molar-refractivity contribution in [1.29, 1.82) is 0 Å². The minimum atomic E-state index is -1.62. The molecule has 2 saturated heterocycles. The smallest absolute Gasteiger partial charge is 0.291 e. The standard InChI is InChI=1S/C5H10N6O2/c12-8-5(9-13)7-3-10-1-6-2-11(5)4-10/h6-7H,1-4H2. The highest BCUT2D eigenvalue weighted by Crippen LogP contribution is 2.20. The molecule has 2 heterocycles. The highest BCUT2D eigenvalue weighted by molar-refractivity contribution is 4.88. The van der Waals surface area contributed by atoms with E-state index in [0.29, 0.717) is 20.0 Å². The first-order valence-corrected chi connectivity index (χ1v) is 3.93. The molecule has 0 spiro atoms. The van der Waals surface area contributed by atoms with E-state index in [-0.39, 0.29) is 0 Å². The maximum absolute atomic E-state index is 10.5. The van der Waals surface area contributed by atoms with Gasteiger partial charge in [0.15, 0.2) is 0 Å². The maximum Gasteiger partial charge on any atom is 0.346 e. The van der Waals surface area contributed by atoms with E-state index in [2.05, 4.69) is 21.0 Å². The molecule has 0 amide bonds. The summed E-state index contributed by atoms with van der Waals surface area (Å²) in [4.78, 5) is 24.6. The van der Waals surface area contributed by atoms with Crippen molar-refractivity contribution in [3.63, 3.8) is 0 Å². The van der Waals surface area contributed by atoms with Gasteiger partial charge in [-0.2, -0.15) is 0 Å². The van der Waals surface area contributed by atoms with E-state index in [4.69, 9.17) is 0 Å². The molecule has 0 aromatic heterocycles. The molecule has 0 radical (unpaired) electrons. The van der Waals surface area contributed by atoms with Gasteiger partial charge in [-0.15, -0.1) is 9.81 Å². The molecule has 8 heteroatoms. The summed E-state index contributed by atoms with van der Waals surface area (Å²) in [5.74, 6) is -1.62. The van der Waals surface area contributed by atoms with E-state index < -0.39 is 5.91 Å². The number of hydrogen-bond acceptors (Lipinski definition) is 8. The van der Waals surface area contributed by atoms with Crippen molar-refractivity contribution in [3.8, 4) is 0 Å². The molecule has 8 nitrogen and oxygen atoms in total. The average molecular weight is 186 g/mol. The first-order valence-electron chi connectivity index (χ1n) is 3.93. The van der Waals surface area contributed by atoms with Gasteiger partial charge in [0, 0.05) is 0 Å². The van der Waals surface area contributed by atoms with Crippen LogP contribution in [0.25, 0.3) is 0 Å². The van der Waals surface area contributed by atoms with Gasteiger partial charge in [-0.05, 0) is 10.4 Å². The lowest BCUT2D eigenvalue weighted by molar-refractivity contribution is -0.0839. The van der Waals surface area contributed by atoms with Gasteiger partial charge in [0.05, 0.1) is 26.7 Å². The summed E-state index contributed by atoms with van der Waals surface area (Å²) in [6, 6.07) is 0. The predicted octanol–water partition coefficient (Wildman–Crippen LogP) is -1.23. The fourth-order valence-corrected chi connectivity index (χ4v) is 1.53.